The molecule has 0 bridgehead atoms. The molecule has 10 rings (SSSR count). The molecular formula is C60H78N4O7. The van der Waals surface area contributed by atoms with Crippen LogP contribution in [-0.2, 0) is 16.0 Å². The molecule has 0 radical (unpaired) electrons. The number of benzene rings is 3. The van der Waals surface area contributed by atoms with Crippen LogP contribution < -0.4 is 26.4 Å². The minimum absolute atomic E-state index is 0.0431. The van der Waals surface area contributed by atoms with E-state index >= 15 is 0 Å². The number of Topliss-reactive ketones (excluding diaryl/α,β-unsaturated/α-hetero) is 2. The Morgan fingerprint density at radius 1 is 0.915 bits per heavy atom. The highest BCUT2D eigenvalue weighted by molar-refractivity contribution is 5.89. The van der Waals surface area contributed by atoms with Gasteiger partial charge in [0.1, 0.15) is 11.2 Å². The van der Waals surface area contributed by atoms with E-state index in [0.717, 1.165) is 66.2 Å². The number of piperidine rings is 1. The molecule has 5 fully saturated rings. The molecule has 0 amide bonds. The molecule has 3 aromatic rings. The SMILES string of the molecule is CCNCC1CC2C3CCC(=O)CC3NC3(CCCCC3)C2CC1C1CCC2(C#CC(CC(O)C(O)CC(C3=CCNC(N)=C3)c3ccc4ccccc4c3)c3cc(O)c(OC)cc3CCC2=O)C(O)C1. The van der Waals surface area contributed by atoms with Crippen LogP contribution in [-0.4, -0.2) is 88.6 Å². The quantitative estimate of drug-likeness (QED) is 0.0828. The fourth-order valence-electron chi connectivity index (χ4n) is 15.4. The number of nitrogens with one attached hydrogen (secondary N) is 3. The summed E-state index contributed by atoms with van der Waals surface area (Å²) in [4.78, 5) is 27.7. The number of fused-ring (bicyclic) bond motifs is 6. The fraction of sp³-hybridized carbons (Fsp3) is 0.600. The van der Waals surface area contributed by atoms with Crippen LogP contribution in [0.5, 0.6) is 11.5 Å². The Morgan fingerprint density at radius 2 is 1.73 bits per heavy atom. The second-order valence-corrected chi connectivity index (χ2v) is 22.8. The van der Waals surface area contributed by atoms with E-state index in [1.807, 2.05) is 18.2 Å². The molecule has 2 heterocycles. The highest BCUT2D eigenvalue weighted by Gasteiger charge is 2.58. The van der Waals surface area contributed by atoms with Gasteiger partial charge >= 0.3 is 0 Å². The molecule has 2 aliphatic heterocycles. The summed E-state index contributed by atoms with van der Waals surface area (Å²) >= 11 is 0. The zero-order valence-electron chi connectivity index (χ0n) is 42.0. The minimum Gasteiger partial charge on any atom is -0.504 e. The van der Waals surface area contributed by atoms with E-state index in [1.165, 1.54) is 39.2 Å². The molecule has 0 aromatic heterocycles. The van der Waals surface area contributed by atoms with E-state index < -0.39 is 29.6 Å². The molecule has 9 N–H and O–H groups in total. The smallest absolute Gasteiger partial charge is 0.160 e. The van der Waals surface area contributed by atoms with Gasteiger partial charge < -0.3 is 46.8 Å². The van der Waals surface area contributed by atoms with Crippen LogP contribution >= 0.6 is 0 Å². The third-order valence-corrected chi connectivity index (χ3v) is 19.0. The number of ketones is 2. The number of carbonyl (C=O) groups is 2. The predicted octanol–water partition coefficient (Wildman–Crippen LogP) is 7.83. The van der Waals surface area contributed by atoms with Crippen LogP contribution in [0.3, 0.4) is 0 Å². The van der Waals surface area contributed by atoms with E-state index in [9.17, 15) is 30.0 Å². The standard InChI is InChI=1S/C60H78N4O7/c1-3-62-35-43-26-49-45-15-14-44(65)31-51(45)64-60(20-7-4-8-21-60)50(49)32-46(43)41-18-23-59(57(70)29-41)22-17-40(48-34-54(68)55(71-2)28-39(48)13-16-56(59)69)27-52(66)53(67)33-47(42-19-24-63-58(61)30-42)38-12-11-36-9-5-6-10-37(36)25-38/h5-6,9-12,19,25,28,30,34,40-41,43,45-47,49-53,57,62-64,66-68,70H,3-4,7-8,13-16,18,20-21,23-24,26-27,29,31-33,35,61H2,1-2H3. The largest absolute Gasteiger partial charge is 0.504 e. The number of methoxy groups -OCH3 is 1. The summed E-state index contributed by atoms with van der Waals surface area (Å²) in [6.45, 7) is 4.56. The van der Waals surface area contributed by atoms with Crippen molar-refractivity contribution in [3.63, 3.8) is 0 Å². The van der Waals surface area contributed by atoms with Gasteiger partial charge in [-0.1, -0.05) is 86.6 Å². The third-order valence-electron chi connectivity index (χ3n) is 19.0. The van der Waals surface area contributed by atoms with Gasteiger partial charge in [-0.05, 0) is 170 Å². The zero-order chi connectivity index (χ0) is 49.4. The Balaban J connectivity index is 0.928. The molecule has 7 aliphatic rings. The summed E-state index contributed by atoms with van der Waals surface area (Å²) in [7, 11) is 1.50. The number of rotatable bonds is 12. The molecule has 4 saturated carbocycles. The van der Waals surface area contributed by atoms with Gasteiger partial charge in [0.25, 0.3) is 0 Å². The number of allylic oxidation sites excluding steroid dienone is 2. The van der Waals surface area contributed by atoms with E-state index in [-0.39, 0.29) is 60.0 Å². The molecule has 1 saturated heterocycles. The summed E-state index contributed by atoms with van der Waals surface area (Å²) in [5.74, 6) is 9.78. The van der Waals surface area contributed by atoms with Crippen molar-refractivity contribution < 1.29 is 34.8 Å². The number of nitrogens with two attached hydrogens (primary N) is 1. The normalized spacial score (nSPS) is 32.8. The summed E-state index contributed by atoms with van der Waals surface area (Å²) in [5, 5.41) is 61.3. The third kappa shape index (κ3) is 9.93. The lowest BCUT2D eigenvalue weighted by molar-refractivity contribution is -0.137. The van der Waals surface area contributed by atoms with Crippen molar-refractivity contribution in [1.29, 1.82) is 0 Å². The van der Waals surface area contributed by atoms with Crippen molar-refractivity contribution in [3.8, 4) is 23.3 Å². The maximum atomic E-state index is 14.8. The number of ether oxygens (including phenoxy) is 1. The first-order valence-corrected chi connectivity index (χ1v) is 27.3. The summed E-state index contributed by atoms with van der Waals surface area (Å²) in [5.41, 5.74) is 8.49. The summed E-state index contributed by atoms with van der Waals surface area (Å²) in [6, 6.07) is 18.2. The van der Waals surface area contributed by atoms with Gasteiger partial charge in [0.2, 0.25) is 0 Å². The molecule has 71 heavy (non-hydrogen) atoms. The molecular weight excluding hydrogens is 889 g/mol. The first kappa shape index (κ1) is 49.9. The molecule has 11 nitrogen and oxygen atoms in total. The van der Waals surface area contributed by atoms with Crippen LogP contribution in [0.1, 0.15) is 138 Å². The number of aromatic hydroxyl groups is 1. The number of aliphatic hydroxyl groups is 3. The van der Waals surface area contributed by atoms with Gasteiger partial charge in [-0.15, -0.1) is 0 Å². The molecule has 11 heteroatoms. The van der Waals surface area contributed by atoms with Crippen molar-refractivity contribution >= 4 is 22.3 Å². The zero-order valence-corrected chi connectivity index (χ0v) is 42.0. The molecule has 5 aliphatic carbocycles. The second-order valence-electron chi connectivity index (χ2n) is 22.8. The van der Waals surface area contributed by atoms with Crippen molar-refractivity contribution in [1.82, 2.24) is 16.0 Å². The first-order chi connectivity index (χ1) is 34.4. The van der Waals surface area contributed by atoms with Gasteiger partial charge in [0, 0.05) is 49.2 Å². The van der Waals surface area contributed by atoms with Crippen molar-refractivity contribution in [3.05, 3.63) is 94.8 Å². The second kappa shape index (κ2) is 21.0. The van der Waals surface area contributed by atoms with Gasteiger partial charge in [-0.3, -0.25) is 9.59 Å². The van der Waals surface area contributed by atoms with Gasteiger partial charge in [-0.2, -0.15) is 0 Å². The number of phenolic OH excluding ortho intramolecular Hbond substituents is 1. The molecule has 380 valence electrons. The fourth-order valence-corrected chi connectivity index (χ4v) is 15.4. The number of hydrogen-bond acceptors (Lipinski definition) is 11. The molecule has 2 spiro atoms. The van der Waals surface area contributed by atoms with E-state index in [1.54, 1.807) is 12.1 Å². The summed E-state index contributed by atoms with van der Waals surface area (Å²) < 4.78 is 5.56. The van der Waals surface area contributed by atoms with Crippen LogP contribution in [0.2, 0.25) is 0 Å². The van der Waals surface area contributed by atoms with Gasteiger partial charge in [-0.25, -0.2) is 0 Å². The number of hydrogen-bond donors (Lipinski definition) is 8. The van der Waals surface area contributed by atoms with Crippen molar-refractivity contribution in [2.45, 2.75) is 158 Å². The Morgan fingerprint density at radius 3 is 2.51 bits per heavy atom. The Hall–Kier alpha value is -4.70. The van der Waals surface area contributed by atoms with Crippen molar-refractivity contribution in [2.24, 2.45) is 46.7 Å². The monoisotopic (exact) mass is 967 g/mol. The van der Waals surface area contributed by atoms with Crippen molar-refractivity contribution in [2.75, 3.05) is 26.7 Å². The first-order valence-electron chi connectivity index (χ1n) is 27.3. The van der Waals surface area contributed by atoms with Crippen LogP contribution in [0, 0.1) is 52.8 Å². The number of aliphatic hydroxyl groups excluding tert-OH is 3. The lowest BCUT2D eigenvalue weighted by Crippen LogP contribution is -2.69. The molecule has 13 atom stereocenters. The topological polar surface area (TPSA) is 186 Å². The lowest BCUT2D eigenvalue weighted by Gasteiger charge is -2.62. The van der Waals surface area contributed by atoms with E-state index in [2.05, 4.69) is 71.1 Å². The summed E-state index contributed by atoms with van der Waals surface area (Å²) in [6.07, 6.45) is 13.8. The number of phenols is 1. The number of carbonyl (C=O) groups excluding carboxylic acids is 2. The lowest BCUT2D eigenvalue weighted by atomic mass is 9.49. The number of aryl methyl sites for hydroxylation is 1. The van der Waals surface area contributed by atoms with Gasteiger partial charge in [0.15, 0.2) is 17.3 Å². The highest BCUT2D eigenvalue weighted by atomic mass is 16.5. The predicted molar refractivity (Wildman–Crippen MR) is 277 cm³/mol. The molecule has 13 unspecified atom stereocenters. The van der Waals surface area contributed by atoms with E-state index in [0.29, 0.717) is 85.4 Å². The Labute approximate surface area is 420 Å². The highest BCUT2D eigenvalue weighted by Crippen LogP contribution is 2.59. The molecule has 3 aromatic carbocycles. The van der Waals surface area contributed by atoms with Gasteiger partial charge in [0.05, 0.1) is 31.2 Å². The Bertz CT molecular complexity index is 2570. The van der Waals surface area contributed by atoms with E-state index in [4.69, 9.17) is 10.5 Å². The van der Waals surface area contributed by atoms with Crippen LogP contribution in [0.15, 0.2) is 78.1 Å². The Kier molecular flexibility index (Phi) is 14.8. The maximum absolute atomic E-state index is 14.8. The number of dihydropyridines is 1. The minimum atomic E-state index is -1.28. The average Bonchev–Trinajstić information content (AvgIpc) is 3.42. The maximum Gasteiger partial charge on any atom is 0.160 e. The van der Waals surface area contributed by atoms with Crippen LogP contribution in [0.4, 0.5) is 0 Å². The average molecular weight is 967 g/mol. The van der Waals surface area contributed by atoms with Crippen LogP contribution in [0.25, 0.3) is 10.8 Å².